The molecule has 8 heteroatoms. The lowest BCUT2D eigenvalue weighted by molar-refractivity contribution is -0.889. The molecular formula is C52H87NO7. The highest BCUT2D eigenvalue weighted by molar-refractivity contribution is 5.70. The van der Waals surface area contributed by atoms with Gasteiger partial charge in [0.15, 0.2) is 6.10 Å². The number of quaternary nitrogens is 1. The summed E-state index contributed by atoms with van der Waals surface area (Å²) in [6.45, 7) is 4.45. The Morgan fingerprint density at radius 3 is 1.43 bits per heavy atom. The number of esters is 2. The van der Waals surface area contributed by atoms with E-state index in [0.717, 1.165) is 70.6 Å². The van der Waals surface area contributed by atoms with Crippen LogP contribution < -0.4 is 5.11 Å². The van der Waals surface area contributed by atoms with Gasteiger partial charge < -0.3 is 28.6 Å². The van der Waals surface area contributed by atoms with Crippen molar-refractivity contribution >= 4 is 17.9 Å². The van der Waals surface area contributed by atoms with Gasteiger partial charge in [-0.2, -0.15) is 0 Å². The van der Waals surface area contributed by atoms with Crippen LogP contribution in [0.4, 0.5) is 0 Å². The number of aliphatic carboxylic acids is 1. The van der Waals surface area contributed by atoms with Crippen molar-refractivity contribution in [3.05, 3.63) is 85.1 Å². The summed E-state index contributed by atoms with van der Waals surface area (Å²) < 4.78 is 17.1. The fourth-order valence-corrected chi connectivity index (χ4v) is 6.37. The molecule has 0 aliphatic carbocycles. The normalized spacial score (nSPS) is 13.7. The number of carboxylic acids is 1. The highest BCUT2D eigenvalue weighted by Crippen LogP contribution is 2.13. The first-order chi connectivity index (χ1) is 29.1. The van der Waals surface area contributed by atoms with Crippen LogP contribution in [0.3, 0.4) is 0 Å². The number of carbonyl (C=O) groups is 3. The molecule has 60 heavy (non-hydrogen) atoms. The van der Waals surface area contributed by atoms with Gasteiger partial charge in [0.2, 0.25) is 0 Å². The van der Waals surface area contributed by atoms with Gasteiger partial charge >= 0.3 is 11.9 Å². The molecule has 0 rings (SSSR count). The fraction of sp³-hybridized carbons (Fsp3) is 0.673. The highest BCUT2D eigenvalue weighted by Gasteiger charge is 2.25. The Morgan fingerprint density at radius 2 is 0.950 bits per heavy atom. The maximum Gasteiger partial charge on any atom is 0.306 e. The molecule has 0 N–H and O–H groups in total. The molecule has 2 atom stereocenters. The zero-order chi connectivity index (χ0) is 44.2. The molecule has 342 valence electrons. The molecule has 0 spiro atoms. The molecule has 0 aromatic carbocycles. The predicted octanol–water partition coefficient (Wildman–Crippen LogP) is 12.0. The molecule has 0 aromatic heterocycles. The smallest absolute Gasteiger partial charge is 0.306 e. The number of unbranched alkanes of at least 4 members (excludes halogenated alkanes) is 13. The first kappa shape index (κ1) is 56.5. The summed E-state index contributed by atoms with van der Waals surface area (Å²) in [6.07, 6.45) is 54.7. The highest BCUT2D eigenvalue weighted by atomic mass is 16.6. The second-order valence-electron chi connectivity index (χ2n) is 16.6. The van der Waals surface area contributed by atoms with Crippen LogP contribution in [0, 0.1) is 0 Å². The van der Waals surface area contributed by atoms with Crippen LogP contribution in [-0.4, -0.2) is 75.5 Å². The van der Waals surface area contributed by atoms with Crippen molar-refractivity contribution in [2.45, 2.75) is 187 Å². The van der Waals surface area contributed by atoms with Gasteiger partial charge in [0.05, 0.1) is 40.3 Å². The number of nitrogens with zero attached hydrogens (tertiary/aromatic N) is 1. The Kier molecular flexibility index (Phi) is 39.8. The minimum atomic E-state index is -1.14. The Bertz CT molecular complexity index is 1250. The minimum absolute atomic E-state index is 0.0168. The minimum Gasteiger partial charge on any atom is -0.544 e. The van der Waals surface area contributed by atoms with Crippen molar-refractivity contribution in [3.63, 3.8) is 0 Å². The molecule has 8 nitrogen and oxygen atoms in total. The number of likely N-dealkylation sites (N-methyl/N-ethyl adjacent to an activating group) is 1. The Labute approximate surface area is 367 Å². The molecule has 0 fully saturated rings. The van der Waals surface area contributed by atoms with Gasteiger partial charge in [0.25, 0.3) is 0 Å². The molecule has 0 saturated heterocycles. The van der Waals surface area contributed by atoms with Crippen LogP contribution in [0.2, 0.25) is 0 Å². The molecule has 0 amide bonds. The van der Waals surface area contributed by atoms with Gasteiger partial charge in [-0.05, 0) is 83.5 Å². The van der Waals surface area contributed by atoms with Crippen LogP contribution in [0.1, 0.15) is 174 Å². The van der Waals surface area contributed by atoms with E-state index in [-0.39, 0.29) is 49.1 Å². The van der Waals surface area contributed by atoms with E-state index in [2.05, 4.69) is 98.9 Å². The number of ether oxygens (including phenoxy) is 3. The Morgan fingerprint density at radius 1 is 0.517 bits per heavy atom. The molecule has 0 saturated carbocycles. The summed E-state index contributed by atoms with van der Waals surface area (Å²) in [5.41, 5.74) is 0. The topological polar surface area (TPSA) is 102 Å². The largest absolute Gasteiger partial charge is 0.544 e. The van der Waals surface area contributed by atoms with Crippen molar-refractivity contribution in [1.82, 2.24) is 0 Å². The standard InChI is InChI=1S/C52H87NO7/c1-6-8-10-12-14-16-18-20-22-24-25-27-29-31-33-35-37-39-41-43-51(55)60-48(46-58-45-44-49(52(56)57)53(3,4)5)47-59-50(54)42-40-38-36-34-32-30-28-26-23-21-19-17-15-13-11-9-7-2/h8,10,14-17,20-23,28,30,34,36,48-49H,6-7,9,11-13,18-19,24-27,29,31-33,35,37-47H2,1-5H3/b10-8+,16-14+,17-15+,22-20+,23-21+,30-28+,36-34+. The number of carbonyl (C=O) groups excluding carboxylic acids is 3. The third kappa shape index (κ3) is 39.9. The van der Waals surface area contributed by atoms with Gasteiger partial charge in [-0.25, -0.2) is 0 Å². The average Bonchev–Trinajstić information content (AvgIpc) is 3.21. The van der Waals surface area contributed by atoms with Crippen LogP contribution in [0.15, 0.2) is 85.1 Å². The number of carboxylic acid groups (broad SMARTS) is 1. The number of rotatable bonds is 41. The second-order valence-corrected chi connectivity index (χ2v) is 16.6. The van der Waals surface area contributed by atoms with Gasteiger partial charge in [0.1, 0.15) is 12.6 Å². The van der Waals surface area contributed by atoms with Gasteiger partial charge in [-0.3, -0.25) is 9.59 Å². The van der Waals surface area contributed by atoms with Gasteiger partial charge in [0, 0.05) is 19.3 Å². The summed E-state index contributed by atoms with van der Waals surface area (Å²) in [4.78, 5) is 36.9. The molecular weight excluding hydrogens is 751 g/mol. The number of hydrogen-bond donors (Lipinski definition) is 0. The van der Waals surface area contributed by atoms with Crippen LogP contribution in [0.25, 0.3) is 0 Å². The van der Waals surface area contributed by atoms with Crippen molar-refractivity contribution in [2.24, 2.45) is 0 Å². The van der Waals surface area contributed by atoms with Gasteiger partial charge in [-0.1, -0.05) is 157 Å². The third-order valence-electron chi connectivity index (χ3n) is 10.0. The molecule has 0 radical (unpaired) electrons. The van der Waals surface area contributed by atoms with E-state index in [0.29, 0.717) is 12.8 Å². The quantitative estimate of drug-likeness (QED) is 0.0261. The first-order valence-corrected chi connectivity index (χ1v) is 23.6. The summed E-state index contributed by atoms with van der Waals surface area (Å²) in [5.74, 6) is -1.82. The van der Waals surface area contributed by atoms with Crippen molar-refractivity contribution in [2.75, 3.05) is 41.0 Å². The van der Waals surface area contributed by atoms with E-state index in [9.17, 15) is 19.5 Å². The molecule has 0 aliphatic heterocycles. The lowest BCUT2D eigenvalue weighted by Gasteiger charge is -2.34. The summed E-state index contributed by atoms with van der Waals surface area (Å²) in [5, 5.41) is 11.6. The second kappa shape index (κ2) is 42.2. The van der Waals surface area contributed by atoms with E-state index in [1.807, 2.05) is 0 Å². The maximum absolute atomic E-state index is 12.8. The number of hydrogen-bond acceptors (Lipinski definition) is 7. The summed E-state index contributed by atoms with van der Waals surface area (Å²) >= 11 is 0. The molecule has 0 aliphatic rings. The average molecular weight is 838 g/mol. The molecule has 2 unspecified atom stereocenters. The Balaban J connectivity index is 4.41. The van der Waals surface area contributed by atoms with E-state index in [1.165, 1.54) is 64.2 Å². The molecule has 0 aromatic rings. The van der Waals surface area contributed by atoms with Crippen molar-refractivity contribution < 1.29 is 38.2 Å². The Hall–Kier alpha value is -3.49. The van der Waals surface area contributed by atoms with Crippen LogP contribution in [0.5, 0.6) is 0 Å². The van der Waals surface area contributed by atoms with Crippen LogP contribution >= 0.6 is 0 Å². The van der Waals surface area contributed by atoms with E-state index in [4.69, 9.17) is 14.2 Å². The van der Waals surface area contributed by atoms with Crippen molar-refractivity contribution in [3.8, 4) is 0 Å². The van der Waals surface area contributed by atoms with E-state index < -0.39 is 18.1 Å². The monoisotopic (exact) mass is 838 g/mol. The summed E-state index contributed by atoms with van der Waals surface area (Å²) in [7, 11) is 5.38. The predicted molar refractivity (Wildman–Crippen MR) is 249 cm³/mol. The SMILES string of the molecule is CC/C=C/C/C=C/C/C=C/CCCCCCCCCCCC(=O)OC(COCCC(C(=O)[O-])[N+](C)(C)C)COC(=O)CCC/C=C/C/C=C/C/C=C/C/C=C/CCCCC. The lowest BCUT2D eigenvalue weighted by Crippen LogP contribution is -2.55. The zero-order valence-electron chi connectivity index (χ0n) is 38.8. The maximum atomic E-state index is 12.8. The molecule has 0 heterocycles. The first-order valence-electron chi connectivity index (χ1n) is 23.6. The van der Waals surface area contributed by atoms with E-state index in [1.54, 1.807) is 21.1 Å². The number of allylic oxidation sites excluding steroid dienone is 14. The van der Waals surface area contributed by atoms with E-state index >= 15 is 0 Å². The third-order valence-corrected chi connectivity index (χ3v) is 10.0. The fourth-order valence-electron chi connectivity index (χ4n) is 6.37. The summed E-state index contributed by atoms with van der Waals surface area (Å²) in [6, 6.07) is -0.739. The molecule has 0 bridgehead atoms. The lowest BCUT2D eigenvalue weighted by atomic mass is 10.1. The zero-order valence-corrected chi connectivity index (χ0v) is 38.8. The van der Waals surface area contributed by atoms with Crippen molar-refractivity contribution in [1.29, 1.82) is 0 Å². The van der Waals surface area contributed by atoms with Gasteiger partial charge in [-0.15, -0.1) is 0 Å². The van der Waals surface area contributed by atoms with Crippen LogP contribution in [-0.2, 0) is 28.6 Å².